The molecule has 2 aromatic carbocycles. The second-order valence-electron chi connectivity index (χ2n) is 6.45. The number of ether oxygens (including phenoxy) is 3. The smallest absolute Gasteiger partial charge is 0.203 e. The Labute approximate surface area is 167 Å². The zero-order valence-corrected chi connectivity index (χ0v) is 16.9. The van der Waals surface area contributed by atoms with Crippen LogP contribution in [-0.4, -0.2) is 36.6 Å². The molecular formula is C20H20Cl2O5. The monoisotopic (exact) mass is 410 g/mol. The molecule has 2 atom stereocenters. The van der Waals surface area contributed by atoms with Gasteiger partial charge in [-0.2, -0.15) is 0 Å². The summed E-state index contributed by atoms with van der Waals surface area (Å²) in [5, 5.41) is 9.97. The molecule has 0 aliphatic heterocycles. The average molecular weight is 411 g/mol. The molecule has 1 aliphatic rings. The molecule has 7 heteroatoms. The summed E-state index contributed by atoms with van der Waals surface area (Å²) in [6.07, 6.45) is 0. The number of phenolic OH excluding ortho intramolecular Hbond substituents is 1. The lowest BCUT2D eigenvalue weighted by molar-refractivity contribution is 0.0963. The second kappa shape index (κ2) is 7.13. The molecule has 0 saturated heterocycles. The zero-order chi connectivity index (χ0) is 19.9. The number of aromatic hydroxyl groups is 1. The van der Waals surface area contributed by atoms with E-state index in [4.69, 9.17) is 37.4 Å². The Morgan fingerprint density at radius 1 is 1.04 bits per heavy atom. The maximum atomic E-state index is 13.1. The maximum Gasteiger partial charge on any atom is 0.203 e. The number of carbonyl (C=O) groups excluding carboxylic acids is 1. The van der Waals surface area contributed by atoms with Gasteiger partial charge in [-0.05, 0) is 36.2 Å². The molecule has 2 aromatic rings. The Balaban J connectivity index is 1.97. The summed E-state index contributed by atoms with van der Waals surface area (Å²) in [6, 6.07) is 8.35. The normalized spacial score (nSPS) is 20.1. The van der Waals surface area contributed by atoms with Gasteiger partial charge >= 0.3 is 0 Å². The summed E-state index contributed by atoms with van der Waals surface area (Å²) in [5.41, 5.74) is 1.81. The fraction of sp³-hybridized carbons (Fsp3) is 0.350. The van der Waals surface area contributed by atoms with Crippen molar-refractivity contribution in [1.29, 1.82) is 0 Å². The highest BCUT2D eigenvalue weighted by Gasteiger charge is 2.67. The van der Waals surface area contributed by atoms with Gasteiger partial charge in [-0.15, -0.1) is 23.2 Å². The largest absolute Gasteiger partial charge is 0.508 e. The molecule has 144 valence electrons. The van der Waals surface area contributed by atoms with Gasteiger partial charge in [0.25, 0.3) is 0 Å². The van der Waals surface area contributed by atoms with E-state index >= 15 is 0 Å². The predicted octanol–water partition coefficient (Wildman–Crippen LogP) is 4.50. The maximum absolute atomic E-state index is 13.1. The molecule has 0 aromatic heterocycles. The fourth-order valence-corrected chi connectivity index (χ4v) is 4.12. The number of carbonyl (C=O) groups is 1. The van der Waals surface area contributed by atoms with Crippen LogP contribution in [0, 0.1) is 12.8 Å². The van der Waals surface area contributed by atoms with Crippen molar-refractivity contribution in [2.45, 2.75) is 17.2 Å². The van der Waals surface area contributed by atoms with Gasteiger partial charge in [-0.25, -0.2) is 0 Å². The van der Waals surface area contributed by atoms with Crippen molar-refractivity contribution >= 4 is 29.0 Å². The van der Waals surface area contributed by atoms with E-state index < -0.39 is 16.2 Å². The summed E-state index contributed by atoms with van der Waals surface area (Å²) in [5.74, 6) is -0.00729. The van der Waals surface area contributed by atoms with Gasteiger partial charge in [0, 0.05) is 11.5 Å². The van der Waals surface area contributed by atoms with Crippen LogP contribution in [0.3, 0.4) is 0 Å². The quantitative estimate of drug-likeness (QED) is 0.560. The first-order valence-corrected chi connectivity index (χ1v) is 9.03. The number of hydrogen-bond acceptors (Lipinski definition) is 5. The van der Waals surface area contributed by atoms with Gasteiger partial charge in [0.1, 0.15) is 10.1 Å². The van der Waals surface area contributed by atoms with Crippen LogP contribution in [0.15, 0.2) is 30.3 Å². The molecule has 0 heterocycles. The Kier molecular flexibility index (Phi) is 5.19. The Morgan fingerprint density at radius 2 is 1.63 bits per heavy atom. The summed E-state index contributed by atoms with van der Waals surface area (Å²) in [6.45, 7) is 1.79. The average Bonchev–Trinajstić information content (AvgIpc) is 3.23. The number of ketones is 1. The summed E-state index contributed by atoms with van der Waals surface area (Å²) in [7, 11) is 4.45. The van der Waals surface area contributed by atoms with Crippen molar-refractivity contribution in [1.82, 2.24) is 0 Å². The molecule has 0 radical (unpaired) electrons. The minimum atomic E-state index is -1.25. The van der Waals surface area contributed by atoms with Crippen LogP contribution in [-0.2, 0) is 0 Å². The van der Waals surface area contributed by atoms with Crippen LogP contribution < -0.4 is 14.2 Å². The van der Waals surface area contributed by atoms with Gasteiger partial charge in [-0.3, -0.25) is 4.79 Å². The topological polar surface area (TPSA) is 65.0 Å². The lowest BCUT2D eigenvalue weighted by atomic mass is 10.0. The van der Waals surface area contributed by atoms with E-state index in [0.29, 0.717) is 28.4 Å². The number of hydrogen-bond donors (Lipinski definition) is 1. The number of aryl methyl sites for hydroxylation is 1. The van der Waals surface area contributed by atoms with Crippen LogP contribution in [0.5, 0.6) is 23.0 Å². The van der Waals surface area contributed by atoms with Gasteiger partial charge < -0.3 is 19.3 Å². The number of phenols is 1. The van der Waals surface area contributed by atoms with Crippen molar-refractivity contribution in [3.05, 3.63) is 47.0 Å². The molecule has 0 spiro atoms. The lowest BCUT2D eigenvalue weighted by Gasteiger charge is -2.13. The highest BCUT2D eigenvalue weighted by Crippen LogP contribution is 2.66. The fourth-order valence-electron chi connectivity index (χ4n) is 3.29. The first-order chi connectivity index (χ1) is 12.8. The number of halogens is 2. The van der Waals surface area contributed by atoms with Crippen LogP contribution in [0.2, 0.25) is 0 Å². The van der Waals surface area contributed by atoms with Crippen LogP contribution in [0.25, 0.3) is 0 Å². The van der Waals surface area contributed by atoms with E-state index in [1.54, 1.807) is 31.2 Å². The first kappa shape index (κ1) is 19.6. The second-order valence-corrected chi connectivity index (χ2v) is 7.90. The lowest BCUT2D eigenvalue weighted by Crippen LogP contribution is -2.08. The molecule has 0 bridgehead atoms. The van der Waals surface area contributed by atoms with E-state index in [9.17, 15) is 9.90 Å². The minimum Gasteiger partial charge on any atom is -0.508 e. The predicted molar refractivity (Wildman–Crippen MR) is 104 cm³/mol. The van der Waals surface area contributed by atoms with Crippen LogP contribution in [0.4, 0.5) is 0 Å². The Hall–Kier alpha value is -2.11. The van der Waals surface area contributed by atoms with Crippen molar-refractivity contribution in [3.63, 3.8) is 0 Å². The Bertz CT molecular complexity index is 869. The van der Waals surface area contributed by atoms with E-state index in [1.165, 1.54) is 21.3 Å². The minimum absolute atomic E-state index is 0.141. The molecule has 2 unspecified atom stereocenters. The Morgan fingerprint density at radius 3 is 2.11 bits per heavy atom. The summed E-state index contributed by atoms with van der Waals surface area (Å²) >= 11 is 12.9. The molecule has 1 aliphatic carbocycles. The molecular weight excluding hydrogens is 391 g/mol. The van der Waals surface area contributed by atoms with Crippen molar-refractivity contribution in [2.75, 3.05) is 21.3 Å². The molecule has 1 N–H and O–H groups in total. The summed E-state index contributed by atoms with van der Waals surface area (Å²) < 4.78 is 14.6. The van der Waals surface area contributed by atoms with Crippen molar-refractivity contribution in [2.24, 2.45) is 5.92 Å². The van der Waals surface area contributed by atoms with Gasteiger partial charge in [0.15, 0.2) is 17.3 Å². The third-order valence-electron chi connectivity index (χ3n) is 4.88. The van der Waals surface area contributed by atoms with E-state index in [0.717, 1.165) is 5.56 Å². The third kappa shape index (κ3) is 3.30. The van der Waals surface area contributed by atoms with E-state index in [-0.39, 0.29) is 11.5 Å². The van der Waals surface area contributed by atoms with E-state index in [1.807, 2.05) is 6.07 Å². The first-order valence-electron chi connectivity index (χ1n) is 8.27. The van der Waals surface area contributed by atoms with Gasteiger partial charge in [0.05, 0.1) is 27.2 Å². The molecule has 5 nitrogen and oxygen atoms in total. The van der Waals surface area contributed by atoms with Gasteiger partial charge in [0.2, 0.25) is 5.75 Å². The van der Waals surface area contributed by atoms with Gasteiger partial charge in [-0.1, -0.05) is 12.1 Å². The van der Waals surface area contributed by atoms with E-state index in [2.05, 4.69) is 0 Å². The third-order valence-corrected chi connectivity index (χ3v) is 5.82. The summed E-state index contributed by atoms with van der Waals surface area (Å²) in [4.78, 5) is 13.1. The van der Waals surface area contributed by atoms with Crippen molar-refractivity contribution in [3.8, 4) is 23.0 Å². The molecule has 0 amide bonds. The number of methoxy groups -OCH3 is 3. The number of benzene rings is 2. The molecule has 27 heavy (non-hydrogen) atoms. The zero-order valence-electron chi connectivity index (χ0n) is 15.4. The van der Waals surface area contributed by atoms with Crippen LogP contribution in [0.1, 0.15) is 27.4 Å². The number of Topliss-reactive ketones (excluding diaryl/α,β-unsaturated/α-hetero) is 1. The highest BCUT2D eigenvalue weighted by molar-refractivity contribution is 6.54. The standard InChI is InChI=1S/C20H20Cl2O5/c1-10-5-6-11(7-13(10)23)16-17(20(16,21)22)18(24)12-8-14(25-2)19(27-4)15(9-12)26-3/h5-9,16-17,23H,1-4H3. The van der Waals surface area contributed by atoms with Crippen LogP contribution >= 0.6 is 23.2 Å². The highest BCUT2D eigenvalue weighted by atomic mass is 35.5. The molecule has 1 saturated carbocycles. The molecule has 3 rings (SSSR count). The SMILES string of the molecule is COc1cc(C(=O)C2C(c3ccc(C)c(O)c3)C2(Cl)Cl)cc(OC)c1OC. The number of rotatable bonds is 6. The number of alkyl halides is 2. The molecule has 1 fully saturated rings. The van der Waals surface area contributed by atoms with Crippen molar-refractivity contribution < 1.29 is 24.1 Å².